The van der Waals surface area contributed by atoms with Crippen molar-refractivity contribution in [3.8, 4) is 0 Å². The van der Waals surface area contributed by atoms with Gasteiger partial charge >= 0.3 is 0 Å². The molecule has 0 saturated heterocycles. The lowest BCUT2D eigenvalue weighted by Crippen LogP contribution is -2.31. The molecular formula is C22H29NOS. The number of hydrogen-bond donors (Lipinski definition) is 1. The lowest BCUT2D eigenvalue weighted by molar-refractivity contribution is -0.120. The van der Waals surface area contributed by atoms with Gasteiger partial charge in [-0.2, -0.15) is 0 Å². The number of carbonyl (C=O) groups excluding carboxylic acids is 1. The average Bonchev–Trinajstić information content (AvgIpc) is 2.64. The predicted octanol–water partition coefficient (Wildman–Crippen LogP) is 5.18. The summed E-state index contributed by atoms with van der Waals surface area (Å²) in [5.41, 5.74) is 3.98. The van der Waals surface area contributed by atoms with Crippen LogP contribution in [0.4, 0.5) is 0 Å². The first kappa shape index (κ1) is 19.6. The second-order valence-corrected chi connectivity index (χ2v) is 8.06. The van der Waals surface area contributed by atoms with E-state index in [0.29, 0.717) is 5.92 Å². The summed E-state index contributed by atoms with van der Waals surface area (Å²) in [6, 6.07) is 19.1. The number of nitrogens with one attached hydrogen (secondary N) is 1. The quantitative estimate of drug-likeness (QED) is 0.628. The Hall–Kier alpha value is -1.74. The lowest BCUT2D eigenvalue weighted by atomic mass is 10.0. The summed E-state index contributed by atoms with van der Waals surface area (Å²) < 4.78 is 0. The maximum Gasteiger partial charge on any atom is 0.232 e. The minimum Gasteiger partial charge on any atom is -0.355 e. The Morgan fingerprint density at radius 3 is 2.28 bits per heavy atom. The molecule has 0 aliphatic heterocycles. The van der Waals surface area contributed by atoms with Gasteiger partial charge in [0.1, 0.15) is 0 Å². The van der Waals surface area contributed by atoms with E-state index in [0.717, 1.165) is 25.1 Å². The molecule has 1 N–H and O–H groups in total. The average molecular weight is 356 g/mol. The van der Waals surface area contributed by atoms with Crippen LogP contribution in [0.15, 0.2) is 54.6 Å². The van der Waals surface area contributed by atoms with E-state index in [1.807, 2.05) is 25.1 Å². The molecule has 0 bridgehead atoms. The molecule has 0 saturated carbocycles. The summed E-state index contributed by atoms with van der Waals surface area (Å²) in [5, 5.41) is 3.04. The third-order valence-corrected chi connectivity index (χ3v) is 5.51. The molecule has 1 atom stereocenters. The van der Waals surface area contributed by atoms with Gasteiger partial charge in [-0.1, -0.05) is 68.4 Å². The summed E-state index contributed by atoms with van der Waals surface area (Å²) in [4.78, 5) is 12.2. The van der Waals surface area contributed by atoms with E-state index < -0.39 is 0 Å². The predicted molar refractivity (Wildman–Crippen MR) is 109 cm³/mol. The van der Waals surface area contributed by atoms with E-state index in [1.165, 1.54) is 16.7 Å². The summed E-state index contributed by atoms with van der Waals surface area (Å²) >= 11 is 1.68. The van der Waals surface area contributed by atoms with Crippen LogP contribution in [0.3, 0.4) is 0 Å². The summed E-state index contributed by atoms with van der Waals surface area (Å²) in [6.45, 7) is 7.14. The van der Waals surface area contributed by atoms with E-state index in [-0.39, 0.29) is 11.2 Å². The highest BCUT2D eigenvalue weighted by Gasteiger charge is 2.12. The molecule has 0 radical (unpaired) electrons. The molecule has 1 unspecified atom stereocenters. The Kier molecular flexibility index (Phi) is 8.07. The Bertz CT molecular complexity index is 637. The molecule has 0 spiro atoms. The molecule has 134 valence electrons. The smallest absolute Gasteiger partial charge is 0.232 e. The van der Waals surface area contributed by atoms with E-state index in [1.54, 1.807) is 11.8 Å². The molecule has 2 rings (SSSR count). The van der Waals surface area contributed by atoms with Gasteiger partial charge in [-0.05, 0) is 42.4 Å². The second kappa shape index (κ2) is 10.3. The highest BCUT2D eigenvalue weighted by atomic mass is 32.2. The third kappa shape index (κ3) is 6.95. The van der Waals surface area contributed by atoms with Gasteiger partial charge in [0.2, 0.25) is 5.91 Å². The molecule has 0 aliphatic rings. The van der Waals surface area contributed by atoms with Gasteiger partial charge < -0.3 is 5.32 Å². The molecular weight excluding hydrogens is 326 g/mol. The molecule has 3 heteroatoms. The van der Waals surface area contributed by atoms with Crippen molar-refractivity contribution in [2.75, 3.05) is 6.54 Å². The molecule has 2 nitrogen and oxygen atoms in total. The maximum absolute atomic E-state index is 12.2. The normalized spacial score (nSPS) is 12.2. The first-order valence-electron chi connectivity index (χ1n) is 9.08. The lowest BCUT2D eigenvalue weighted by Gasteiger charge is -2.12. The van der Waals surface area contributed by atoms with Crippen molar-refractivity contribution in [2.24, 2.45) is 0 Å². The van der Waals surface area contributed by atoms with Crippen LogP contribution in [0, 0.1) is 0 Å². The van der Waals surface area contributed by atoms with Gasteiger partial charge in [0.15, 0.2) is 0 Å². The zero-order chi connectivity index (χ0) is 18.1. The summed E-state index contributed by atoms with van der Waals surface area (Å²) in [6.07, 6.45) is 1.98. The van der Waals surface area contributed by atoms with E-state index in [4.69, 9.17) is 0 Å². The molecule has 2 aromatic carbocycles. The van der Waals surface area contributed by atoms with Crippen molar-refractivity contribution in [1.82, 2.24) is 5.32 Å². The number of hydrogen-bond acceptors (Lipinski definition) is 2. The number of aryl methyl sites for hydroxylation is 1. The summed E-state index contributed by atoms with van der Waals surface area (Å²) in [5.74, 6) is 1.58. The topological polar surface area (TPSA) is 29.1 Å². The van der Waals surface area contributed by atoms with Crippen LogP contribution in [0.5, 0.6) is 0 Å². The fourth-order valence-corrected chi connectivity index (χ4v) is 3.46. The van der Waals surface area contributed by atoms with E-state index in [2.05, 4.69) is 55.6 Å². The molecule has 0 fully saturated rings. The molecule has 0 heterocycles. The van der Waals surface area contributed by atoms with Gasteiger partial charge in [0.25, 0.3) is 0 Å². The second-order valence-electron chi connectivity index (χ2n) is 6.73. The van der Waals surface area contributed by atoms with Gasteiger partial charge in [-0.3, -0.25) is 4.79 Å². The number of thioether (sulfide) groups is 1. The summed E-state index contributed by atoms with van der Waals surface area (Å²) in [7, 11) is 0. The molecule has 2 aromatic rings. The highest BCUT2D eigenvalue weighted by Crippen LogP contribution is 2.18. The Labute approximate surface area is 156 Å². The van der Waals surface area contributed by atoms with Gasteiger partial charge in [0.05, 0.1) is 5.25 Å². The van der Waals surface area contributed by atoms with Gasteiger partial charge in [0, 0.05) is 12.3 Å². The van der Waals surface area contributed by atoms with Gasteiger partial charge in [-0.15, -0.1) is 11.8 Å². The molecule has 25 heavy (non-hydrogen) atoms. The van der Waals surface area contributed by atoms with Crippen molar-refractivity contribution in [3.05, 3.63) is 71.3 Å². The number of amides is 1. The number of benzene rings is 2. The minimum atomic E-state index is -0.0227. The molecule has 1 amide bonds. The third-order valence-electron chi connectivity index (χ3n) is 4.30. The van der Waals surface area contributed by atoms with Crippen molar-refractivity contribution in [2.45, 2.75) is 50.5 Å². The van der Waals surface area contributed by atoms with Crippen molar-refractivity contribution in [3.63, 3.8) is 0 Å². The number of rotatable bonds is 9. The van der Waals surface area contributed by atoms with Crippen LogP contribution in [0.25, 0.3) is 0 Å². The van der Waals surface area contributed by atoms with Crippen LogP contribution in [0.1, 0.15) is 49.8 Å². The Morgan fingerprint density at radius 2 is 1.64 bits per heavy atom. The van der Waals surface area contributed by atoms with Crippen molar-refractivity contribution in [1.29, 1.82) is 0 Å². The van der Waals surface area contributed by atoms with Crippen LogP contribution in [-0.2, 0) is 17.0 Å². The Balaban J connectivity index is 1.64. The monoisotopic (exact) mass is 355 g/mol. The van der Waals surface area contributed by atoms with Crippen LogP contribution in [0.2, 0.25) is 0 Å². The highest BCUT2D eigenvalue weighted by molar-refractivity contribution is 7.99. The standard InChI is InChI=1S/C22H29NOS/c1-17(2)21-13-11-19(12-14-21)10-7-15-23-22(24)18(3)25-16-20-8-5-4-6-9-20/h4-6,8-9,11-14,17-18H,7,10,15-16H2,1-3H3,(H,23,24). The first-order valence-corrected chi connectivity index (χ1v) is 10.1. The molecule has 0 aromatic heterocycles. The maximum atomic E-state index is 12.2. The van der Waals surface area contributed by atoms with Crippen LogP contribution in [-0.4, -0.2) is 17.7 Å². The van der Waals surface area contributed by atoms with Crippen LogP contribution >= 0.6 is 11.8 Å². The van der Waals surface area contributed by atoms with Crippen LogP contribution < -0.4 is 5.32 Å². The largest absolute Gasteiger partial charge is 0.355 e. The van der Waals surface area contributed by atoms with Crippen molar-refractivity contribution < 1.29 is 4.79 Å². The van der Waals surface area contributed by atoms with Crippen molar-refractivity contribution >= 4 is 17.7 Å². The van der Waals surface area contributed by atoms with E-state index >= 15 is 0 Å². The minimum absolute atomic E-state index is 0.0227. The number of carbonyl (C=O) groups is 1. The van der Waals surface area contributed by atoms with Gasteiger partial charge in [-0.25, -0.2) is 0 Å². The molecule has 0 aliphatic carbocycles. The first-order chi connectivity index (χ1) is 12.1. The fourth-order valence-electron chi connectivity index (χ4n) is 2.59. The van der Waals surface area contributed by atoms with E-state index in [9.17, 15) is 4.79 Å². The SMILES string of the molecule is CC(SCc1ccccc1)C(=O)NCCCc1ccc(C(C)C)cc1. The zero-order valence-electron chi connectivity index (χ0n) is 15.5. The zero-order valence-corrected chi connectivity index (χ0v) is 16.3. The Morgan fingerprint density at radius 1 is 0.960 bits per heavy atom. The fraction of sp³-hybridized carbons (Fsp3) is 0.409.